The molecule has 0 saturated heterocycles. The number of aryl methyl sites for hydroxylation is 1. The predicted octanol–water partition coefficient (Wildman–Crippen LogP) is 4.47. The molecule has 96 valence electrons. The zero-order valence-electron chi connectivity index (χ0n) is 11.8. The Labute approximate surface area is 107 Å². The average Bonchev–Trinajstić information content (AvgIpc) is 2.28. The van der Waals surface area contributed by atoms with Gasteiger partial charge in [-0.15, -0.1) is 0 Å². The van der Waals surface area contributed by atoms with Crippen molar-refractivity contribution >= 4 is 0 Å². The second kappa shape index (κ2) is 7.50. The predicted molar refractivity (Wildman–Crippen MR) is 76.3 cm³/mol. The first-order chi connectivity index (χ1) is 8.15. The number of hydrogen-bond acceptors (Lipinski definition) is 1. The van der Waals surface area contributed by atoms with Crippen molar-refractivity contribution in [1.29, 1.82) is 0 Å². The first-order valence-corrected chi connectivity index (χ1v) is 6.94. The third-order valence-corrected chi connectivity index (χ3v) is 3.29. The molecule has 1 heteroatoms. The van der Waals surface area contributed by atoms with Gasteiger partial charge in [-0.1, -0.05) is 57.9 Å². The molecule has 0 aliphatic rings. The maximum Gasteiger partial charge on any atom is 0.0322 e. The topological polar surface area (TPSA) is 12.0 Å². The highest BCUT2D eigenvalue weighted by molar-refractivity contribution is 5.28. The molecule has 0 spiro atoms. The van der Waals surface area contributed by atoms with Crippen LogP contribution in [0.25, 0.3) is 0 Å². The molecule has 1 N–H and O–H groups in total. The van der Waals surface area contributed by atoms with E-state index in [0.717, 1.165) is 12.5 Å². The molecule has 0 heterocycles. The van der Waals surface area contributed by atoms with Crippen molar-refractivity contribution in [3.63, 3.8) is 0 Å². The summed E-state index contributed by atoms with van der Waals surface area (Å²) in [6.07, 6.45) is 3.88. The van der Waals surface area contributed by atoms with Crippen molar-refractivity contribution in [2.24, 2.45) is 5.92 Å². The number of hydrogen-bond donors (Lipinski definition) is 1. The zero-order chi connectivity index (χ0) is 12.7. The van der Waals surface area contributed by atoms with Gasteiger partial charge in [-0.2, -0.15) is 0 Å². The number of rotatable bonds is 7. The normalized spacial score (nSPS) is 13.0. The fourth-order valence-electron chi connectivity index (χ4n) is 2.32. The quantitative estimate of drug-likeness (QED) is 0.732. The van der Waals surface area contributed by atoms with Gasteiger partial charge >= 0.3 is 0 Å². The molecular formula is C16H27N. The Morgan fingerprint density at radius 2 is 1.82 bits per heavy atom. The lowest BCUT2D eigenvalue weighted by atomic mass is 9.95. The Morgan fingerprint density at radius 1 is 1.12 bits per heavy atom. The molecule has 1 aromatic rings. The Kier molecular flexibility index (Phi) is 6.28. The summed E-state index contributed by atoms with van der Waals surface area (Å²) in [4.78, 5) is 0. The van der Waals surface area contributed by atoms with Gasteiger partial charge in [0.2, 0.25) is 0 Å². The van der Waals surface area contributed by atoms with Crippen LogP contribution >= 0.6 is 0 Å². The average molecular weight is 233 g/mol. The highest BCUT2D eigenvalue weighted by Crippen LogP contribution is 2.23. The first kappa shape index (κ1) is 14.2. The molecule has 0 aromatic heterocycles. The maximum atomic E-state index is 3.61. The highest BCUT2D eigenvalue weighted by Gasteiger charge is 2.11. The minimum absolute atomic E-state index is 0.528. The number of benzene rings is 1. The SMILES string of the molecule is CCNC(CCCC(C)C)c1ccccc1C. The second-order valence-electron chi connectivity index (χ2n) is 5.29. The third-order valence-electron chi connectivity index (χ3n) is 3.29. The van der Waals surface area contributed by atoms with Crippen molar-refractivity contribution in [2.75, 3.05) is 6.54 Å². The van der Waals surface area contributed by atoms with Crippen LogP contribution in [0.15, 0.2) is 24.3 Å². The van der Waals surface area contributed by atoms with Gasteiger partial charge in [0.15, 0.2) is 0 Å². The Bertz CT molecular complexity index is 317. The molecule has 1 nitrogen and oxygen atoms in total. The fraction of sp³-hybridized carbons (Fsp3) is 0.625. The van der Waals surface area contributed by atoms with E-state index < -0.39 is 0 Å². The Balaban J connectivity index is 2.62. The zero-order valence-corrected chi connectivity index (χ0v) is 11.8. The summed E-state index contributed by atoms with van der Waals surface area (Å²) in [6, 6.07) is 9.27. The van der Waals surface area contributed by atoms with Gasteiger partial charge in [-0.25, -0.2) is 0 Å². The van der Waals surface area contributed by atoms with Crippen LogP contribution in [-0.4, -0.2) is 6.54 Å². The Hall–Kier alpha value is -0.820. The van der Waals surface area contributed by atoms with Gasteiger partial charge < -0.3 is 5.32 Å². The lowest BCUT2D eigenvalue weighted by molar-refractivity contribution is 0.454. The van der Waals surface area contributed by atoms with Crippen molar-refractivity contribution in [2.45, 2.75) is 53.0 Å². The van der Waals surface area contributed by atoms with Crippen molar-refractivity contribution in [3.8, 4) is 0 Å². The highest BCUT2D eigenvalue weighted by atomic mass is 14.9. The van der Waals surface area contributed by atoms with E-state index in [9.17, 15) is 0 Å². The molecule has 17 heavy (non-hydrogen) atoms. The van der Waals surface area contributed by atoms with Gasteiger partial charge in [0.1, 0.15) is 0 Å². The molecule has 0 fully saturated rings. The van der Waals surface area contributed by atoms with Crippen molar-refractivity contribution in [1.82, 2.24) is 5.32 Å². The third kappa shape index (κ3) is 4.91. The fourth-order valence-corrected chi connectivity index (χ4v) is 2.32. The van der Waals surface area contributed by atoms with Gasteiger partial charge in [-0.05, 0) is 36.9 Å². The largest absolute Gasteiger partial charge is 0.310 e. The minimum Gasteiger partial charge on any atom is -0.310 e. The lowest BCUT2D eigenvalue weighted by Crippen LogP contribution is -2.21. The number of nitrogens with one attached hydrogen (secondary N) is 1. The minimum atomic E-state index is 0.528. The van der Waals surface area contributed by atoms with E-state index in [1.54, 1.807) is 0 Å². The van der Waals surface area contributed by atoms with Gasteiger partial charge in [0, 0.05) is 6.04 Å². The maximum absolute atomic E-state index is 3.61. The van der Waals surface area contributed by atoms with Gasteiger partial charge in [0.25, 0.3) is 0 Å². The van der Waals surface area contributed by atoms with Crippen LogP contribution in [0.5, 0.6) is 0 Å². The molecule has 0 bridgehead atoms. The molecule has 0 aliphatic carbocycles. The van der Waals surface area contributed by atoms with E-state index >= 15 is 0 Å². The van der Waals surface area contributed by atoms with E-state index in [4.69, 9.17) is 0 Å². The van der Waals surface area contributed by atoms with Crippen LogP contribution in [0, 0.1) is 12.8 Å². The second-order valence-corrected chi connectivity index (χ2v) is 5.29. The van der Waals surface area contributed by atoms with Crippen LogP contribution < -0.4 is 5.32 Å². The smallest absolute Gasteiger partial charge is 0.0322 e. The molecular weight excluding hydrogens is 206 g/mol. The lowest BCUT2D eigenvalue weighted by Gasteiger charge is -2.20. The van der Waals surface area contributed by atoms with Gasteiger partial charge in [0.05, 0.1) is 0 Å². The van der Waals surface area contributed by atoms with E-state index in [0.29, 0.717) is 6.04 Å². The standard InChI is InChI=1S/C16H27N/c1-5-17-16(12-8-9-13(2)3)15-11-7-6-10-14(15)4/h6-7,10-11,13,16-17H,5,8-9,12H2,1-4H3. The summed E-state index contributed by atoms with van der Waals surface area (Å²) < 4.78 is 0. The molecule has 1 rings (SSSR count). The summed E-state index contributed by atoms with van der Waals surface area (Å²) in [5.41, 5.74) is 2.88. The molecule has 0 radical (unpaired) electrons. The molecule has 1 atom stereocenters. The molecule has 1 unspecified atom stereocenters. The van der Waals surface area contributed by atoms with E-state index in [1.165, 1.54) is 30.4 Å². The summed E-state index contributed by atoms with van der Waals surface area (Å²) in [5.74, 6) is 0.814. The van der Waals surface area contributed by atoms with Crippen LogP contribution in [0.4, 0.5) is 0 Å². The van der Waals surface area contributed by atoms with Crippen LogP contribution in [0.3, 0.4) is 0 Å². The van der Waals surface area contributed by atoms with Crippen LogP contribution in [0.1, 0.15) is 57.2 Å². The van der Waals surface area contributed by atoms with Crippen LogP contribution in [0.2, 0.25) is 0 Å². The summed E-state index contributed by atoms with van der Waals surface area (Å²) in [6.45, 7) is 10.0. The molecule has 0 saturated carbocycles. The first-order valence-electron chi connectivity index (χ1n) is 6.94. The van der Waals surface area contributed by atoms with Crippen LogP contribution in [-0.2, 0) is 0 Å². The summed E-state index contributed by atoms with van der Waals surface area (Å²) in [7, 11) is 0. The van der Waals surface area contributed by atoms with E-state index in [1.807, 2.05) is 0 Å². The van der Waals surface area contributed by atoms with Crippen molar-refractivity contribution < 1.29 is 0 Å². The van der Waals surface area contributed by atoms with E-state index in [-0.39, 0.29) is 0 Å². The summed E-state index contributed by atoms with van der Waals surface area (Å²) in [5, 5.41) is 3.61. The monoisotopic (exact) mass is 233 g/mol. The molecule has 0 amide bonds. The Morgan fingerprint density at radius 3 is 2.41 bits per heavy atom. The van der Waals surface area contributed by atoms with Crippen molar-refractivity contribution in [3.05, 3.63) is 35.4 Å². The molecule has 1 aromatic carbocycles. The van der Waals surface area contributed by atoms with Gasteiger partial charge in [-0.3, -0.25) is 0 Å². The molecule has 0 aliphatic heterocycles. The summed E-state index contributed by atoms with van der Waals surface area (Å²) >= 11 is 0. The van der Waals surface area contributed by atoms with E-state index in [2.05, 4.69) is 57.3 Å².